The Balaban J connectivity index is 3.32. The Morgan fingerprint density at radius 3 is 2.13 bits per heavy atom. The largest absolute Gasteiger partial charge is 0.305 e. The molecular weight excluding hydrogens is 200 g/mol. The molecule has 15 heavy (non-hydrogen) atoms. The molecule has 0 amide bonds. The van der Waals surface area contributed by atoms with Crippen molar-refractivity contribution in [1.82, 2.24) is 0 Å². The highest BCUT2D eigenvalue weighted by atomic mass is 28.3. The quantitative estimate of drug-likeness (QED) is 0.324. The van der Waals surface area contributed by atoms with Crippen molar-refractivity contribution in [3.8, 4) is 0 Å². The van der Waals surface area contributed by atoms with Crippen molar-refractivity contribution < 1.29 is 4.79 Å². The van der Waals surface area contributed by atoms with Crippen LogP contribution in [0.5, 0.6) is 0 Å². The number of carbonyl (C=O) groups is 1. The number of allylic oxidation sites excluding steroid dienone is 1. The third-order valence-electron chi connectivity index (χ3n) is 2.65. The van der Waals surface area contributed by atoms with E-state index in [1.807, 2.05) is 6.08 Å². The molecule has 0 aliphatic heterocycles. The van der Waals surface area contributed by atoms with E-state index in [2.05, 4.69) is 26.2 Å². The third kappa shape index (κ3) is 8.61. The van der Waals surface area contributed by atoms with E-state index in [-0.39, 0.29) is 0 Å². The molecule has 0 N–H and O–H groups in total. The van der Waals surface area contributed by atoms with Crippen molar-refractivity contribution in [1.29, 1.82) is 0 Å². The van der Waals surface area contributed by atoms with Gasteiger partial charge in [0, 0.05) is 6.42 Å². The normalized spacial score (nSPS) is 11.4. The Morgan fingerprint density at radius 1 is 1.07 bits per heavy atom. The average Bonchev–Trinajstić information content (AvgIpc) is 2.14. The highest BCUT2D eigenvalue weighted by molar-refractivity contribution is 7.03. The minimum absolute atomic E-state index is 0.536. The lowest BCUT2D eigenvalue weighted by Crippen LogP contribution is -2.32. The van der Waals surface area contributed by atoms with Gasteiger partial charge in [-0.2, -0.15) is 0 Å². The standard InChI is InChI=1S/C13H26OSi/c1-5-6-7-8-9-10-11-12-13(14)15(2,3)4/h5H,1,6-12H2,2-4H3. The highest BCUT2D eigenvalue weighted by Gasteiger charge is 2.22. The zero-order chi connectivity index (χ0) is 11.7. The molecule has 0 aromatic carbocycles. The van der Waals surface area contributed by atoms with Crippen LogP contribution >= 0.6 is 0 Å². The summed E-state index contributed by atoms with van der Waals surface area (Å²) in [6.45, 7) is 10.1. The second-order valence-electron chi connectivity index (χ2n) is 5.27. The van der Waals surface area contributed by atoms with Crippen LogP contribution in [0, 0.1) is 0 Å². The second kappa shape index (κ2) is 7.86. The van der Waals surface area contributed by atoms with E-state index in [9.17, 15) is 4.79 Å². The van der Waals surface area contributed by atoms with Crippen molar-refractivity contribution in [2.75, 3.05) is 0 Å². The van der Waals surface area contributed by atoms with Crippen LogP contribution in [0.2, 0.25) is 19.6 Å². The summed E-state index contributed by atoms with van der Waals surface area (Å²) in [5.74, 6) is 0. The lowest BCUT2D eigenvalue weighted by atomic mass is 10.1. The molecule has 0 saturated heterocycles. The van der Waals surface area contributed by atoms with Gasteiger partial charge in [0.05, 0.1) is 0 Å². The molecule has 0 atom stereocenters. The Bertz CT molecular complexity index is 191. The molecule has 2 heteroatoms. The Hall–Kier alpha value is -0.373. The van der Waals surface area contributed by atoms with Crippen LogP contribution in [0.3, 0.4) is 0 Å². The van der Waals surface area contributed by atoms with E-state index < -0.39 is 8.07 Å². The van der Waals surface area contributed by atoms with Gasteiger partial charge in [0.1, 0.15) is 13.5 Å². The number of rotatable bonds is 9. The number of hydrogen-bond donors (Lipinski definition) is 0. The molecule has 0 saturated carbocycles. The third-order valence-corrected chi connectivity index (χ3v) is 4.57. The zero-order valence-corrected chi connectivity index (χ0v) is 11.6. The van der Waals surface area contributed by atoms with Crippen molar-refractivity contribution in [2.45, 2.75) is 64.6 Å². The fourth-order valence-corrected chi connectivity index (χ4v) is 2.41. The Kier molecular flexibility index (Phi) is 7.66. The van der Waals surface area contributed by atoms with E-state index in [1.54, 1.807) is 0 Å². The summed E-state index contributed by atoms with van der Waals surface area (Å²) >= 11 is 0. The van der Waals surface area contributed by atoms with Crippen LogP contribution in [-0.4, -0.2) is 13.5 Å². The molecule has 0 bridgehead atoms. The molecule has 0 aliphatic rings. The molecule has 0 aliphatic carbocycles. The summed E-state index contributed by atoms with van der Waals surface area (Å²) in [4.78, 5) is 11.6. The SMILES string of the molecule is C=CCCCCCCCC(=O)[Si](C)(C)C. The van der Waals surface area contributed by atoms with E-state index in [1.165, 1.54) is 25.7 Å². The van der Waals surface area contributed by atoms with Gasteiger partial charge in [0.15, 0.2) is 0 Å². The number of hydrogen-bond acceptors (Lipinski definition) is 1. The first-order valence-electron chi connectivity index (χ1n) is 6.12. The molecule has 0 rings (SSSR count). The van der Waals surface area contributed by atoms with E-state index >= 15 is 0 Å². The first-order chi connectivity index (χ1) is 6.98. The van der Waals surface area contributed by atoms with Gasteiger partial charge in [-0.3, -0.25) is 0 Å². The van der Waals surface area contributed by atoms with Crippen molar-refractivity contribution in [3.63, 3.8) is 0 Å². The number of carbonyl (C=O) groups excluding carboxylic acids is 1. The van der Waals surface area contributed by atoms with Crippen molar-refractivity contribution >= 4 is 13.5 Å². The van der Waals surface area contributed by atoms with Crippen molar-refractivity contribution in [3.05, 3.63) is 12.7 Å². The van der Waals surface area contributed by atoms with Gasteiger partial charge in [0.25, 0.3) is 0 Å². The van der Waals surface area contributed by atoms with Gasteiger partial charge in [-0.25, -0.2) is 0 Å². The maximum atomic E-state index is 11.6. The molecular formula is C13H26OSi. The maximum Gasteiger partial charge on any atom is 0.123 e. The number of unbranched alkanes of at least 4 members (excludes halogenated alkanes) is 5. The predicted octanol–water partition coefficient (Wildman–Crippen LogP) is 4.35. The van der Waals surface area contributed by atoms with E-state index in [4.69, 9.17) is 0 Å². The topological polar surface area (TPSA) is 17.1 Å². The van der Waals surface area contributed by atoms with Crippen LogP contribution in [0.4, 0.5) is 0 Å². The molecule has 0 fully saturated rings. The molecule has 0 radical (unpaired) electrons. The lowest BCUT2D eigenvalue weighted by molar-refractivity contribution is -0.112. The summed E-state index contributed by atoms with van der Waals surface area (Å²) in [6.07, 6.45) is 10.1. The first-order valence-corrected chi connectivity index (χ1v) is 9.62. The zero-order valence-electron chi connectivity index (χ0n) is 10.6. The van der Waals surface area contributed by atoms with Crippen LogP contribution in [0.15, 0.2) is 12.7 Å². The molecule has 0 aromatic heterocycles. The molecule has 0 heterocycles. The minimum Gasteiger partial charge on any atom is -0.305 e. The van der Waals surface area contributed by atoms with Crippen molar-refractivity contribution in [2.24, 2.45) is 0 Å². The summed E-state index contributed by atoms with van der Waals surface area (Å²) < 4.78 is 0. The second-order valence-corrected chi connectivity index (χ2v) is 10.3. The van der Waals surface area contributed by atoms with Gasteiger partial charge in [0.2, 0.25) is 0 Å². The summed E-state index contributed by atoms with van der Waals surface area (Å²) in [6, 6.07) is 0. The van der Waals surface area contributed by atoms with Crippen LogP contribution in [0.25, 0.3) is 0 Å². The van der Waals surface area contributed by atoms with Gasteiger partial charge in [-0.1, -0.05) is 45.0 Å². The lowest BCUT2D eigenvalue weighted by Gasteiger charge is -2.13. The molecule has 0 aromatic rings. The van der Waals surface area contributed by atoms with E-state index in [0.717, 1.165) is 19.3 Å². The maximum absolute atomic E-state index is 11.6. The van der Waals surface area contributed by atoms with Crippen LogP contribution in [0.1, 0.15) is 44.9 Å². The smallest absolute Gasteiger partial charge is 0.123 e. The summed E-state index contributed by atoms with van der Waals surface area (Å²) in [5.41, 5.74) is 0. The molecule has 1 nitrogen and oxygen atoms in total. The van der Waals surface area contributed by atoms with Gasteiger partial charge >= 0.3 is 0 Å². The van der Waals surface area contributed by atoms with Gasteiger partial charge in [-0.05, 0) is 19.3 Å². The Morgan fingerprint density at radius 2 is 1.60 bits per heavy atom. The van der Waals surface area contributed by atoms with Gasteiger partial charge in [-0.15, -0.1) is 6.58 Å². The molecule has 88 valence electrons. The highest BCUT2D eigenvalue weighted by Crippen LogP contribution is 2.11. The fraction of sp³-hybridized carbons (Fsp3) is 0.769. The summed E-state index contributed by atoms with van der Waals surface area (Å²) in [5, 5.41) is 0.536. The van der Waals surface area contributed by atoms with Crippen LogP contribution in [-0.2, 0) is 4.79 Å². The van der Waals surface area contributed by atoms with Crippen LogP contribution < -0.4 is 0 Å². The predicted molar refractivity (Wildman–Crippen MR) is 70.9 cm³/mol. The molecule has 0 unspecified atom stereocenters. The average molecular weight is 226 g/mol. The summed E-state index contributed by atoms with van der Waals surface area (Å²) in [7, 11) is -1.49. The van der Waals surface area contributed by atoms with E-state index in [0.29, 0.717) is 5.41 Å². The fourth-order valence-electron chi connectivity index (χ4n) is 1.48. The molecule has 0 spiro atoms. The van der Waals surface area contributed by atoms with Gasteiger partial charge < -0.3 is 4.79 Å². The monoisotopic (exact) mass is 226 g/mol. The minimum atomic E-state index is -1.49. The Labute approximate surface area is 96.0 Å². The first kappa shape index (κ1) is 14.6.